The van der Waals surface area contributed by atoms with E-state index in [4.69, 9.17) is 21.1 Å². The zero-order chi connectivity index (χ0) is 27.6. The molecule has 0 bridgehead atoms. The smallest absolute Gasteiger partial charge is 0.416 e. The number of nitrogens with one attached hydrogen (secondary N) is 1. The van der Waals surface area contributed by atoms with Gasteiger partial charge in [0, 0.05) is 17.1 Å². The molecule has 1 N–H and O–H groups in total. The molecule has 0 aliphatic rings. The Morgan fingerprint density at radius 3 is 2.38 bits per heavy atom. The highest BCUT2D eigenvalue weighted by molar-refractivity contribution is 6.32. The molecular weight excluding hydrogens is 507 g/mol. The van der Waals surface area contributed by atoms with Crippen LogP contribution in [0.5, 0.6) is 5.75 Å². The minimum Gasteiger partial charge on any atom is -0.488 e. The van der Waals surface area contributed by atoms with Crippen molar-refractivity contribution in [3.63, 3.8) is 0 Å². The molecule has 0 spiro atoms. The Kier molecular flexibility index (Phi) is 8.27. The van der Waals surface area contributed by atoms with Crippen LogP contribution in [0.2, 0.25) is 5.02 Å². The van der Waals surface area contributed by atoms with Crippen molar-refractivity contribution in [2.75, 3.05) is 6.61 Å². The number of carbonyl (C=O) groups is 1. The first-order valence-corrected chi connectivity index (χ1v) is 12.2. The first-order valence-electron chi connectivity index (χ1n) is 11.8. The Hall–Kier alpha value is -3.07. The summed E-state index contributed by atoms with van der Waals surface area (Å²) in [4.78, 5) is 20.9. The Morgan fingerprint density at radius 2 is 1.78 bits per heavy atom. The molecule has 0 aliphatic carbocycles. The third-order valence-electron chi connectivity index (χ3n) is 5.37. The number of aromatic nitrogens is 2. The van der Waals surface area contributed by atoms with E-state index in [1.165, 1.54) is 18.5 Å². The fourth-order valence-corrected chi connectivity index (χ4v) is 4.26. The summed E-state index contributed by atoms with van der Waals surface area (Å²) in [6, 6.07) is 6.65. The van der Waals surface area contributed by atoms with Crippen LogP contribution in [-0.2, 0) is 10.9 Å². The number of carbonyl (C=O) groups excluding carboxylic acids is 1. The molecule has 37 heavy (non-hydrogen) atoms. The van der Waals surface area contributed by atoms with Crippen molar-refractivity contribution in [2.45, 2.75) is 65.3 Å². The number of amides is 1. The lowest BCUT2D eigenvalue weighted by molar-refractivity contribution is -0.137. The van der Waals surface area contributed by atoms with Crippen molar-refractivity contribution in [1.82, 2.24) is 15.3 Å². The van der Waals surface area contributed by atoms with Gasteiger partial charge in [-0.15, -0.1) is 0 Å². The average molecular weight is 538 g/mol. The van der Waals surface area contributed by atoms with Gasteiger partial charge in [0.2, 0.25) is 0 Å². The number of pyridine rings is 2. The third-order valence-corrected chi connectivity index (χ3v) is 5.67. The normalized spacial score (nSPS) is 13.9. The number of hydrogen-bond donors (Lipinski definition) is 1. The molecule has 1 atom stereocenters. The van der Waals surface area contributed by atoms with Gasteiger partial charge in [0.05, 0.1) is 33.5 Å². The van der Waals surface area contributed by atoms with Crippen molar-refractivity contribution >= 4 is 28.6 Å². The molecule has 0 saturated carbocycles. The highest BCUT2D eigenvalue weighted by Crippen LogP contribution is 2.35. The van der Waals surface area contributed by atoms with Crippen molar-refractivity contribution < 1.29 is 27.4 Å². The van der Waals surface area contributed by atoms with Crippen molar-refractivity contribution in [3.8, 4) is 17.0 Å². The quantitative estimate of drug-likeness (QED) is 0.334. The molecule has 0 aliphatic heterocycles. The van der Waals surface area contributed by atoms with Gasteiger partial charge in [-0.2, -0.15) is 13.2 Å². The van der Waals surface area contributed by atoms with Crippen molar-refractivity contribution in [1.29, 1.82) is 0 Å². The zero-order valence-corrected chi connectivity index (χ0v) is 22.4. The van der Waals surface area contributed by atoms with E-state index in [0.29, 0.717) is 28.8 Å². The predicted octanol–water partition coefficient (Wildman–Crippen LogP) is 7.68. The lowest BCUT2D eigenvalue weighted by atomic mass is 9.91. The summed E-state index contributed by atoms with van der Waals surface area (Å²) in [5.41, 5.74) is -0.912. The predicted molar refractivity (Wildman–Crippen MR) is 138 cm³/mol. The molecule has 2 heterocycles. The van der Waals surface area contributed by atoms with Gasteiger partial charge in [-0.3, -0.25) is 9.97 Å². The molecule has 1 amide bonds. The average Bonchev–Trinajstić information content (AvgIpc) is 2.74. The lowest BCUT2D eigenvalue weighted by Gasteiger charge is -2.33. The molecule has 0 radical (unpaired) electrons. The number of alkyl carbamates (subject to hydrolysis) is 1. The van der Waals surface area contributed by atoms with E-state index < -0.39 is 29.0 Å². The van der Waals surface area contributed by atoms with Crippen LogP contribution >= 0.6 is 11.6 Å². The van der Waals surface area contributed by atoms with E-state index in [0.717, 1.165) is 12.1 Å². The van der Waals surface area contributed by atoms with Crippen LogP contribution in [0.4, 0.5) is 18.0 Å². The second kappa shape index (κ2) is 10.7. The van der Waals surface area contributed by atoms with Gasteiger partial charge < -0.3 is 14.8 Å². The Balaban J connectivity index is 1.83. The molecule has 200 valence electrons. The summed E-state index contributed by atoms with van der Waals surface area (Å²) >= 11 is 6.50. The maximum absolute atomic E-state index is 13.1. The second-order valence-electron chi connectivity index (χ2n) is 10.7. The molecule has 2 aromatic heterocycles. The molecule has 3 rings (SSSR count). The summed E-state index contributed by atoms with van der Waals surface area (Å²) < 4.78 is 50.7. The Labute approximate surface area is 219 Å². The minimum absolute atomic E-state index is 0.115. The van der Waals surface area contributed by atoms with Gasteiger partial charge >= 0.3 is 12.3 Å². The lowest BCUT2D eigenvalue weighted by Crippen LogP contribution is -2.52. The number of rotatable bonds is 7. The topological polar surface area (TPSA) is 73.3 Å². The fraction of sp³-hybridized carbons (Fsp3) is 0.444. The summed E-state index contributed by atoms with van der Waals surface area (Å²) in [7, 11) is 0. The number of nitrogens with zero attached hydrogens (tertiary/aromatic N) is 2. The fourth-order valence-electron chi connectivity index (χ4n) is 4.05. The van der Waals surface area contributed by atoms with Gasteiger partial charge in [-0.1, -0.05) is 31.5 Å². The molecule has 3 aromatic rings. The van der Waals surface area contributed by atoms with Crippen LogP contribution in [0.3, 0.4) is 0 Å². The number of halogens is 4. The highest BCUT2D eigenvalue weighted by Gasteiger charge is 2.32. The van der Waals surface area contributed by atoms with Crippen LogP contribution in [-0.4, -0.2) is 33.8 Å². The summed E-state index contributed by atoms with van der Waals surface area (Å²) in [5, 5.41) is 3.69. The van der Waals surface area contributed by atoms with Crippen molar-refractivity contribution in [2.24, 2.45) is 5.92 Å². The van der Waals surface area contributed by atoms with Gasteiger partial charge in [0.25, 0.3) is 0 Å². The molecule has 10 heteroatoms. The van der Waals surface area contributed by atoms with Crippen LogP contribution < -0.4 is 10.1 Å². The summed E-state index contributed by atoms with van der Waals surface area (Å²) in [5.74, 6) is 0.571. The SMILES string of the molecule is CC(C)CC(C)(COc1cnc(-c2ccnc3cc(C(F)(F)F)ccc23)cc1Cl)NC(=O)OC(C)(C)C. The maximum atomic E-state index is 13.1. The highest BCUT2D eigenvalue weighted by atomic mass is 35.5. The number of fused-ring (bicyclic) bond motifs is 1. The van der Waals surface area contributed by atoms with E-state index in [2.05, 4.69) is 15.3 Å². The van der Waals surface area contributed by atoms with Crippen LogP contribution in [0.15, 0.2) is 42.7 Å². The van der Waals surface area contributed by atoms with Gasteiger partial charge in [0.1, 0.15) is 12.2 Å². The van der Waals surface area contributed by atoms with Gasteiger partial charge in [-0.25, -0.2) is 4.79 Å². The molecular formula is C27H31ClF3N3O3. The van der Waals surface area contributed by atoms with Crippen LogP contribution in [0.25, 0.3) is 22.2 Å². The number of ether oxygens (including phenoxy) is 2. The van der Waals surface area contributed by atoms with E-state index >= 15 is 0 Å². The first-order chi connectivity index (χ1) is 17.1. The van der Waals surface area contributed by atoms with Crippen molar-refractivity contribution in [3.05, 3.63) is 53.3 Å². The van der Waals surface area contributed by atoms with E-state index in [1.807, 2.05) is 20.8 Å². The van der Waals surface area contributed by atoms with Gasteiger partial charge in [-0.05, 0) is 64.3 Å². The van der Waals surface area contributed by atoms with E-state index in [9.17, 15) is 18.0 Å². The minimum atomic E-state index is -4.46. The molecule has 1 unspecified atom stereocenters. The monoisotopic (exact) mass is 537 g/mol. The molecule has 0 saturated heterocycles. The number of alkyl halides is 3. The number of hydrogen-bond acceptors (Lipinski definition) is 5. The molecule has 1 aromatic carbocycles. The van der Waals surface area contributed by atoms with E-state index in [1.54, 1.807) is 32.9 Å². The third kappa shape index (κ3) is 7.71. The molecule has 6 nitrogen and oxygen atoms in total. The second-order valence-corrected chi connectivity index (χ2v) is 11.1. The first kappa shape index (κ1) is 28.5. The Bertz CT molecular complexity index is 1280. The summed E-state index contributed by atoms with van der Waals surface area (Å²) in [6.45, 7) is 11.4. The van der Waals surface area contributed by atoms with Crippen LogP contribution in [0, 0.1) is 5.92 Å². The standard InChI is InChI=1S/C27H31ClF3N3O3/c1-16(2)13-26(6,34-24(35)37-25(3,4)5)15-36-23-14-33-22(12-20(23)28)19-9-10-32-21-11-17(27(29,30)31)7-8-18(19)21/h7-12,14,16H,13,15H2,1-6H3,(H,34,35). The summed E-state index contributed by atoms with van der Waals surface area (Å²) in [6.07, 6.45) is -1.50. The van der Waals surface area contributed by atoms with Gasteiger partial charge in [0.15, 0.2) is 5.75 Å². The van der Waals surface area contributed by atoms with Crippen LogP contribution in [0.1, 0.15) is 53.5 Å². The Morgan fingerprint density at radius 1 is 1.08 bits per heavy atom. The maximum Gasteiger partial charge on any atom is 0.416 e. The van der Waals surface area contributed by atoms with E-state index in [-0.39, 0.29) is 23.1 Å². The number of benzene rings is 1. The zero-order valence-electron chi connectivity index (χ0n) is 21.7. The molecule has 0 fully saturated rings. The largest absolute Gasteiger partial charge is 0.488 e.